The minimum absolute atomic E-state index is 0.647. The van der Waals surface area contributed by atoms with Crippen LogP contribution in [-0.2, 0) is 6.42 Å². The fourth-order valence-corrected chi connectivity index (χ4v) is 2.80. The molecule has 0 amide bonds. The maximum atomic E-state index is 6.13. The van der Waals surface area contributed by atoms with E-state index in [0.29, 0.717) is 10.0 Å². The van der Waals surface area contributed by atoms with Gasteiger partial charge in [0.15, 0.2) is 0 Å². The number of likely N-dealkylation sites (N-methyl/N-ethyl adjacent to an activating group) is 1. The number of benzene rings is 1. The van der Waals surface area contributed by atoms with Crippen LogP contribution in [0.2, 0.25) is 10.0 Å². The van der Waals surface area contributed by atoms with Gasteiger partial charge in [0.2, 0.25) is 0 Å². The Bertz CT molecular complexity index is 528. The molecular formula is C12H13Cl2N3S. The van der Waals surface area contributed by atoms with Gasteiger partial charge in [-0.05, 0) is 24.7 Å². The van der Waals surface area contributed by atoms with Gasteiger partial charge in [-0.15, -0.1) is 10.2 Å². The molecule has 0 bridgehead atoms. The average molecular weight is 302 g/mol. The Hall–Kier alpha value is -0.680. The summed E-state index contributed by atoms with van der Waals surface area (Å²) in [6.45, 7) is 3.96. The van der Waals surface area contributed by atoms with E-state index in [9.17, 15) is 0 Å². The topological polar surface area (TPSA) is 37.8 Å². The summed E-state index contributed by atoms with van der Waals surface area (Å²) in [6.07, 6.45) is 0.879. The van der Waals surface area contributed by atoms with Gasteiger partial charge >= 0.3 is 0 Å². The molecule has 2 rings (SSSR count). The highest BCUT2D eigenvalue weighted by Crippen LogP contribution is 2.32. The Balaban J connectivity index is 2.16. The van der Waals surface area contributed by atoms with Gasteiger partial charge in [-0.3, -0.25) is 0 Å². The van der Waals surface area contributed by atoms with Gasteiger partial charge in [0, 0.05) is 23.6 Å². The van der Waals surface area contributed by atoms with Crippen LogP contribution in [-0.4, -0.2) is 23.3 Å². The fourth-order valence-electron chi connectivity index (χ4n) is 1.50. The SMILES string of the molecule is CCNCCc1nnc(-c2cc(Cl)ccc2Cl)s1. The average Bonchev–Trinajstić information content (AvgIpc) is 2.81. The lowest BCUT2D eigenvalue weighted by molar-refractivity contribution is 0.710. The second-order valence-electron chi connectivity index (χ2n) is 3.73. The molecule has 1 aromatic carbocycles. The molecule has 2 aromatic rings. The minimum Gasteiger partial charge on any atom is -0.317 e. The molecular weight excluding hydrogens is 289 g/mol. The Morgan fingerprint density at radius 3 is 2.89 bits per heavy atom. The quantitative estimate of drug-likeness (QED) is 0.856. The molecule has 1 heterocycles. The molecule has 1 aromatic heterocycles. The van der Waals surface area contributed by atoms with Crippen molar-refractivity contribution in [3.8, 4) is 10.6 Å². The van der Waals surface area contributed by atoms with E-state index >= 15 is 0 Å². The Kier molecular flexibility index (Phi) is 4.95. The van der Waals surface area contributed by atoms with Crippen LogP contribution in [0, 0.1) is 0 Å². The summed E-state index contributed by atoms with van der Waals surface area (Å²) >= 11 is 13.7. The maximum Gasteiger partial charge on any atom is 0.149 e. The molecule has 0 aliphatic rings. The summed E-state index contributed by atoms with van der Waals surface area (Å²) in [5.41, 5.74) is 0.844. The summed E-state index contributed by atoms with van der Waals surface area (Å²) < 4.78 is 0. The van der Waals surface area contributed by atoms with E-state index in [-0.39, 0.29) is 0 Å². The van der Waals surface area contributed by atoms with Gasteiger partial charge in [0.05, 0.1) is 5.02 Å². The first-order valence-corrected chi connectivity index (χ1v) is 7.26. The van der Waals surface area contributed by atoms with Gasteiger partial charge in [-0.25, -0.2) is 0 Å². The number of aromatic nitrogens is 2. The lowest BCUT2D eigenvalue weighted by atomic mass is 10.2. The third-order valence-electron chi connectivity index (χ3n) is 2.39. The van der Waals surface area contributed by atoms with Crippen molar-refractivity contribution in [3.63, 3.8) is 0 Å². The van der Waals surface area contributed by atoms with E-state index in [0.717, 1.165) is 35.1 Å². The third kappa shape index (κ3) is 3.42. The Morgan fingerprint density at radius 2 is 2.11 bits per heavy atom. The summed E-state index contributed by atoms with van der Waals surface area (Å²) in [7, 11) is 0. The molecule has 0 atom stereocenters. The van der Waals surface area contributed by atoms with Crippen LogP contribution in [0.1, 0.15) is 11.9 Å². The van der Waals surface area contributed by atoms with Crippen LogP contribution in [0.4, 0.5) is 0 Å². The highest BCUT2D eigenvalue weighted by molar-refractivity contribution is 7.14. The monoisotopic (exact) mass is 301 g/mol. The first-order valence-electron chi connectivity index (χ1n) is 5.69. The zero-order valence-corrected chi connectivity index (χ0v) is 12.2. The lowest BCUT2D eigenvalue weighted by Gasteiger charge is -1.99. The molecule has 96 valence electrons. The van der Waals surface area contributed by atoms with E-state index in [1.807, 2.05) is 6.07 Å². The molecule has 0 radical (unpaired) electrons. The molecule has 6 heteroatoms. The summed E-state index contributed by atoms with van der Waals surface area (Å²) in [5, 5.41) is 14.7. The van der Waals surface area contributed by atoms with Crippen molar-refractivity contribution in [1.82, 2.24) is 15.5 Å². The van der Waals surface area contributed by atoms with Gasteiger partial charge < -0.3 is 5.32 Å². The molecule has 0 fully saturated rings. The van der Waals surface area contributed by atoms with E-state index in [4.69, 9.17) is 23.2 Å². The molecule has 0 saturated heterocycles. The normalized spacial score (nSPS) is 10.8. The summed E-state index contributed by atoms with van der Waals surface area (Å²) in [4.78, 5) is 0. The molecule has 0 aliphatic carbocycles. The van der Waals surface area contributed by atoms with Crippen LogP contribution in [0.15, 0.2) is 18.2 Å². The van der Waals surface area contributed by atoms with Crippen molar-refractivity contribution < 1.29 is 0 Å². The molecule has 0 saturated carbocycles. The molecule has 0 aliphatic heterocycles. The zero-order valence-electron chi connectivity index (χ0n) is 9.91. The van der Waals surface area contributed by atoms with Crippen molar-refractivity contribution in [2.24, 2.45) is 0 Å². The van der Waals surface area contributed by atoms with Crippen molar-refractivity contribution >= 4 is 34.5 Å². The van der Waals surface area contributed by atoms with Crippen LogP contribution in [0.5, 0.6) is 0 Å². The second kappa shape index (κ2) is 6.48. The number of halogens is 2. The zero-order chi connectivity index (χ0) is 13.0. The number of nitrogens with zero attached hydrogens (tertiary/aromatic N) is 2. The van der Waals surface area contributed by atoms with Crippen molar-refractivity contribution in [1.29, 1.82) is 0 Å². The largest absolute Gasteiger partial charge is 0.317 e. The fraction of sp³-hybridized carbons (Fsp3) is 0.333. The molecule has 1 N–H and O–H groups in total. The van der Waals surface area contributed by atoms with Crippen molar-refractivity contribution in [2.45, 2.75) is 13.3 Å². The summed E-state index contributed by atoms with van der Waals surface area (Å²) in [6, 6.07) is 5.36. The van der Waals surface area contributed by atoms with Crippen molar-refractivity contribution in [3.05, 3.63) is 33.3 Å². The predicted octanol–water partition coefficient (Wildman–Crippen LogP) is 3.66. The molecule has 0 spiro atoms. The Morgan fingerprint density at radius 1 is 1.28 bits per heavy atom. The van der Waals surface area contributed by atoms with Crippen LogP contribution >= 0.6 is 34.5 Å². The van der Waals surface area contributed by atoms with Crippen LogP contribution < -0.4 is 5.32 Å². The van der Waals surface area contributed by atoms with Gasteiger partial charge in [0.25, 0.3) is 0 Å². The number of nitrogens with one attached hydrogen (secondary N) is 1. The highest BCUT2D eigenvalue weighted by atomic mass is 35.5. The number of rotatable bonds is 5. The van der Waals surface area contributed by atoms with E-state index in [2.05, 4.69) is 22.4 Å². The highest BCUT2D eigenvalue weighted by Gasteiger charge is 2.10. The van der Waals surface area contributed by atoms with E-state index < -0.39 is 0 Å². The van der Waals surface area contributed by atoms with Gasteiger partial charge in [-0.2, -0.15) is 0 Å². The predicted molar refractivity (Wildman–Crippen MR) is 77.6 cm³/mol. The van der Waals surface area contributed by atoms with E-state index in [1.54, 1.807) is 23.5 Å². The van der Waals surface area contributed by atoms with Gasteiger partial charge in [0.1, 0.15) is 10.0 Å². The summed E-state index contributed by atoms with van der Waals surface area (Å²) in [5.74, 6) is 0. The maximum absolute atomic E-state index is 6.13. The first-order chi connectivity index (χ1) is 8.70. The Labute approximate surface area is 120 Å². The smallest absolute Gasteiger partial charge is 0.149 e. The van der Waals surface area contributed by atoms with E-state index in [1.165, 1.54) is 0 Å². The number of hydrogen-bond acceptors (Lipinski definition) is 4. The third-order valence-corrected chi connectivity index (χ3v) is 3.97. The number of hydrogen-bond donors (Lipinski definition) is 1. The van der Waals surface area contributed by atoms with Gasteiger partial charge in [-0.1, -0.05) is 41.5 Å². The molecule has 0 unspecified atom stereocenters. The lowest BCUT2D eigenvalue weighted by Crippen LogP contribution is -2.15. The second-order valence-corrected chi connectivity index (χ2v) is 5.63. The van der Waals surface area contributed by atoms with Crippen LogP contribution in [0.3, 0.4) is 0 Å². The first kappa shape index (κ1) is 13.7. The minimum atomic E-state index is 0.647. The molecule has 18 heavy (non-hydrogen) atoms. The van der Waals surface area contributed by atoms with Crippen molar-refractivity contribution in [2.75, 3.05) is 13.1 Å². The molecule has 3 nitrogen and oxygen atoms in total. The van der Waals surface area contributed by atoms with Crippen LogP contribution in [0.25, 0.3) is 10.6 Å². The standard InChI is InChI=1S/C12H13Cl2N3S/c1-2-15-6-5-11-16-17-12(18-11)9-7-8(13)3-4-10(9)14/h3-4,7,15H,2,5-6H2,1H3.